The van der Waals surface area contributed by atoms with Gasteiger partial charge in [-0.3, -0.25) is 4.79 Å². The van der Waals surface area contributed by atoms with E-state index >= 15 is 0 Å². The maximum Gasteiger partial charge on any atom is 0.338 e. The van der Waals surface area contributed by atoms with Gasteiger partial charge in [0.05, 0.1) is 37.5 Å². The van der Waals surface area contributed by atoms with Crippen LogP contribution in [0.2, 0.25) is 0 Å². The lowest BCUT2D eigenvalue weighted by Gasteiger charge is -2.32. The summed E-state index contributed by atoms with van der Waals surface area (Å²) in [4.78, 5) is 46.6. The van der Waals surface area contributed by atoms with Crippen LogP contribution >= 0.6 is 0 Å². The Bertz CT molecular complexity index is 1000. The zero-order valence-electron chi connectivity index (χ0n) is 19.7. The highest BCUT2D eigenvalue weighted by Crippen LogP contribution is 2.34. The van der Waals surface area contributed by atoms with E-state index in [1.54, 1.807) is 18.2 Å². The number of carboxylic acids is 1. The molecule has 1 aromatic carbocycles. The van der Waals surface area contributed by atoms with E-state index in [1.165, 1.54) is 18.2 Å². The van der Waals surface area contributed by atoms with Crippen molar-refractivity contribution in [2.45, 2.75) is 37.1 Å². The number of aliphatic hydroxyl groups is 4. The fourth-order valence-electron chi connectivity index (χ4n) is 3.36. The highest BCUT2D eigenvalue weighted by atomic mass is 16.7. The molecule has 202 valence electrons. The van der Waals surface area contributed by atoms with Crippen molar-refractivity contribution in [1.29, 1.82) is 0 Å². The van der Waals surface area contributed by atoms with Gasteiger partial charge in [0.2, 0.25) is 6.29 Å². The zero-order valence-corrected chi connectivity index (χ0v) is 19.7. The molecule has 13 heteroatoms. The standard InChI is InChI=1S/C24H28O13/c1-34-19(28)9-15-14(7-8-35-23(33)13-5-3-2-4-6-13)24(36-11-16(15)22(31)32)37-12-18(27)21(30)20(29)17(26)10-25/h2-7,10-11,15,17-18,20-21,24,26-27,29-30H,8-9,12H2,1H3,(H,31,32). The van der Waals surface area contributed by atoms with E-state index in [0.717, 1.165) is 13.4 Å². The van der Waals surface area contributed by atoms with E-state index in [1.807, 2.05) is 0 Å². The number of aldehydes is 1. The molecule has 0 aromatic heterocycles. The number of methoxy groups -OCH3 is 1. The van der Waals surface area contributed by atoms with Gasteiger partial charge in [0, 0.05) is 11.5 Å². The molecule has 13 nitrogen and oxygen atoms in total. The van der Waals surface area contributed by atoms with Gasteiger partial charge >= 0.3 is 17.9 Å². The number of esters is 2. The van der Waals surface area contributed by atoms with Gasteiger partial charge in [0.25, 0.3) is 0 Å². The number of ether oxygens (including phenoxy) is 4. The van der Waals surface area contributed by atoms with Crippen molar-refractivity contribution in [3.63, 3.8) is 0 Å². The average molecular weight is 524 g/mol. The third-order valence-corrected chi connectivity index (χ3v) is 5.41. The van der Waals surface area contributed by atoms with Crippen molar-refractivity contribution >= 4 is 24.2 Å². The molecule has 1 aliphatic rings. The molecule has 1 aliphatic heterocycles. The Kier molecular flexibility index (Phi) is 11.4. The van der Waals surface area contributed by atoms with Crippen LogP contribution in [0.1, 0.15) is 16.8 Å². The molecule has 0 aliphatic carbocycles. The summed E-state index contributed by atoms with van der Waals surface area (Å²) in [6.07, 6.45) is -7.52. The van der Waals surface area contributed by atoms with Crippen molar-refractivity contribution < 1.29 is 63.7 Å². The molecule has 0 bridgehead atoms. The Balaban J connectivity index is 2.25. The molecule has 6 atom stereocenters. The molecule has 2 rings (SSSR count). The van der Waals surface area contributed by atoms with Gasteiger partial charge in [-0.1, -0.05) is 18.2 Å². The van der Waals surface area contributed by atoms with Gasteiger partial charge < -0.3 is 49.3 Å². The smallest absolute Gasteiger partial charge is 0.338 e. The van der Waals surface area contributed by atoms with Crippen LogP contribution in [0.15, 0.2) is 53.8 Å². The van der Waals surface area contributed by atoms with Gasteiger partial charge in [-0.2, -0.15) is 0 Å². The highest BCUT2D eigenvalue weighted by Gasteiger charge is 2.38. The van der Waals surface area contributed by atoms with Crippen LogP contribution < -0.4 is 0 Å². The quantitative estimate of drug-likeness (QED) is 0.119. The summed E-state index contributed by atoms with van der Waals surface area (Å²) in [7, 11) is 1.11. The first-order valence-corrected chi connectivity index (χ1v) is 11.0. The van der Waals surface area contributed by atoms with Crippen LogP contribution in [0.4, 0.5) is 0 Å². The van der Waals surface area contributed by atoms with Crippen molar-refractivity contribution in [3.8, 4) is 0 Å². The van der Waals surface area contributed by atoms with Gasteiger partial charge in [0.15, 0.2) is 6.29 Å². The van der Waals surface area contributed by atoms with Crippen molar-refractivity contribution in [1.82, 2.24) is 0 Å². The molecule has 0 spiro atoms. The van der Waals surface area contributed by atoms with Crippen LogP contribution in [0, 0.1) is 5.92 Å². The Morgan fingerprint density at radius 1 is 1.08 bits per heavy atom. The highest BCUT2D eigenvalue weighted by molar-refractivity contribution is 5.90. The number of benzene rings is 1. The SMILES string of the molecule is COC(=O)CC1C(C(=O)O)=COC(OCC(O)C(O)C(O)C(O)C=O)C1=CCOC(=O)c1ccccc1. The average Bonchev–Trinajstić information content (AvgIpc) is 2.91. The first-order chi connectivity index (χ1) is 17.6. The minimum atomic E-state index is -2.01. The molecule has 0 fully saturated rings. The lowest BCUT2D eigenvalue weighted by molar-refractivity contribution is -0.160. The largest absolute Gasteiger partial charge is 0.478 e. The van der Waals surface area contributed by atoms with E-state index in [4.69, 9.17) is 14.2 Å². The van der Waals surface area contributed by atoms with Gasteiger partial charge in [0.1, 0.15) is 31.0 Å². The van der Waals surface area contributed by atoms with Crippen LogP contribution in [0.25, 0.3) is 0 Å². The number of carboxylic acid groups (broad SMARTS) is 1. The summed E-state index contributed by atoms with van der Waals surface area (Å²) in [5.41, 5.74) is -0.0173. The summed E-state index contributed by atoms with van der Waals surface area (Å²) in [5.74, 6) is -3.97. The second kappa shape index (κ2) is 14.2. The lowest BCUT2D eigenvalue weighted by Crippen LogP contribution is -2.47. The molecule has 37 heavy (non-hydrogen) atoms. The van der Waals surface area contributed by atoms with E-state index in [0.29, 0.717) is 0 Å². The third kappa shape index (κ3) is 8.20. The van der Waals surface area contributed by atoms with Crippen molar-refractivity contribution in [3.05, 3.63) is 59.4 Å². The van der Waals surface area contributed by atoms with Crippen LogP contribution in [0.5, 0.6) is 0 Å². The topological polar surface area (TPSA) is 206 Å². The molecule has 6 unspecified atom stereocenters. The maximum atomic E-state index is 12.3. The molecule has 0 amide bonds. The van der Waals surface area contributed by atoms with E-state index in [9.17, 15) is 44.7 Å². The first kappa shape index (κ1) is 29.6. The predicted octanol–water partition coefficient (Wildman–Crippen LogP) is -1.07. The van der Waals surface area contributed by atoms with Crippen LogP contribution in [-0.4, -0.2) is 101 Å². The Morgan fingerprint density at radius 3 is 2.35 bits per heavy atom. The van der Waals surface area contributed by atoms with E-state index in [-0.39, 0.29) is 29.6 Å². The molecule has 5 N–H and O–H groups in total. The van der Waals surface area contributed by atoms with Gasteiger partial charge in [-0.15, -0.1) is 0 Å². The summed E-state index contributed by atoms with van der Waals surface area (Å²) in [6.45, 7) is -1.08. The van der Waals surface area contributed by atoms with Crippen molar-refractivity contribution in [2.24, 2.45) is 5.92 Å². The Labute approximate surface area is 211 Å². The molecular weight excluding hydrogens is 496 g/mol. The molecule has 0 radical (unpaired) electrons. The number of carbonyl (C=O) groups is 4. The fourth-order valence-corrected chi connectivity index (χ4v) is 3.36. The fraction of sp³-hybridized carbons (Fsp3) is 0.417. The third-order valence-electron chi connectivity index (χ3n) is 5.41. The lowest BCUT2D eigenvalue weighted by atomic mass is 9.86. The zero-order chi connectivity index (χ0) is 27.5. The predicted molar refractivity (Wildman–Crippen MR) is 122 cm³/mol. The van der Waals surface area contributed by atoms with Crippen LogP contribution in [-0.2, 0) is 33.3 Å². The Morgan fingerprint density at radius 2 is 1.76 bits per heavy atom. The number of hydrogen-bond acceptors (Lipinski definition) is 12. The molecule has 1 heterocycles. The van der Waals surface area contributed by atoms with E-state index in [2.05, 4.69) is 4.74 Å². The number of aliphatic carboxylic acids is 1. The summed E-state index contributed by atoms with van der Waals surface area (Å²) >= 11 is 0. The van der Waals surface area contributed by atoms with Gasteiger partial charge in [-0.25, -0.2) is 9.59 Å². The normalized spacial score (nSPS) is 21.5. The second-order valence-corrected chi connectivity index (χ2v) is 7.86. The summed E-state index contributed by atoms with van der Waals surface area (Å²) in [6, 6.07) is 8.03. The van der Waals surface area contributed by atoms with Gasteiger partial charge in [-0.05, 0) is 18.2 Å². The minimum Gasteiger partial charge on any atom is -0.478 e. The molecular formula is C24H28O13. The van der Waals surface area contributed by atoms with E-state index < -0.39 is 67.6 Å². The van der Waals surface area contributed by atoms with Crippen molar-refractivity contribution in [2.75, 3.05) is 20.3 Å². The molecule has 0 saturated carbocycles. The first-order valence-electron chi connectivity index (χ1n) is 11.0. The monoisotopic (exact) mass is 524 g/mol. The molecule has 0 saturated heterocycles. The maximum absolute atomic E-state index is 12.3. The minimum absolute atomic E-state index is 0.0288. The number of hydrogen-bond donors (Lipinski definition) is 5. The number of aliphatic hydroxyl groups excluding tert-OH is 4. The van der Waals surface area contributed by atoms with Crippen LogP contribution in [0.3, 0.4) is 0 Å². The number of carbonyl (C=O) groups excluding carboxylic acids is 3. The Hall–Kier alpha value is -3.62. The molecule has 1 aromatic rings. The summed E-state index contributed by atoms with van der Waals surface area (Å²) in [5, 5.41) is 48.7. The number of rotatable bonds is 13. The second-order valence-electron chi connectivity index (χ2n) is 7.86. The summed E-state index contributed by atoms with van der Waals surface area (Å²) < 4.78 is 20.6.